The Morgan fingerprint density at radius 3 is 2.44 bits per heavy atom. The van der Waals surface area contributed by atoms with Gasteiger partial charge in [-0.05, 0) is 63.4 Å². The number of rotatable bonds is 4. The lowest BCUT2D eigenvalue weighted by Gasteiger charge is -2.36. The zero-order valence-electron chi connectivity index (χ0n) is 14.7. The molecule has 2 heterocycles. The minimum absolute atomic E-state index is 0.00208. The van der Waals surface area contributed by atoms with E-state index in [1.807, 2.05) is 23.4 Å². The van der Waals surface area contributed by atoms with E-state index >= 15 is 0 Å². The summed E-state index contributed by atoms with van der Waals surface area (Å²) in [5.41, 5.74) is 8.37. The van der Waals surface area contributed by atoms with Crippen LogP contribution in [0.4, 0.5) is 0 Å². The average molecular weight is 340 g/mol. The summed E-state index contributed by atoms with van der Waals surface area (Å²) in [7, 11) is 0. The molecule has 1 fully saturated rings. The molecule has 2 aromatic rings. The zero-order chi connectivity index (χ0) is 18.0. The van der Waals surface area contributed by atoms with Crippen molar-refractivity contribution in [2.45, 2.75) is 45.7 Å². The third-order valence-corrected chi connectivity index (χ3v) is 4.79. The van der Waals surface area contributed by atoms with E-state index in [1.165, 1.54) is 0 Å². The zero-order valence-corrected chi connectivity index (χ0v) is 14.7. The number of likely N-dealkylation sites (tertiary alicyclic amines) is 1. The molecule has 1 aliphatic heterocycles. The summed E-state index contributed by atoms with van der Waals surface area (Å²) < 4.78 is 1.99. The maximum Gasteiger partial charge on any atom is 0.254 e. The van der Waals surface area contributed by atoms with E-state index in [0.717, 1.165) is 37.2 Å². The Morgan fingerprint density at radius 2 is 1.84 bits per heavy atom. The van der Waals surface area contributed by atoms with Gasteiger partial charge in [-0.15, -0.1) is 0 Å². The van der Waals surface area contributed by atoms with E-state index in [1.54, 1.807) is 24.3 Å². The fourth-order valence-corrected chi connectivity index (χ4v) is 3.46. The van der Waals surface area contributed by atoms with Crippen LogP contribution in [-0.2, 0) is 6.54 Å². The number of aryl methyl sites for hydroxylation is 2. The van der Waals surface area contributed by atoms with Crippen LogP contribution >= 0.6 is 0 Å². The van der Waals surface area contributed by atoms with Gasteiger partial charge in [0.05, 0.1) is 18.3 Å². The van der Waals surface area contributed by atoms with Crippen molar-refractivity contribution in [1.29, 1.82) is 0 Å². The fourth-order valence-electron chi connectivity index (χ4n) is 3.46. The summed E-state index contributed by atoms with van der Waals surface area (Å²) in [6.07, 6.45) is 3.11. The minimum Gasteiger partial charge on any atom is -0.366 e. The minimum atomic E-state index is -0.487. The molecule has 132 valence electrons. The second kappa shape index (κ2) is 7.09. The highest BCUT2D eigenvalue weighted by Crippen LogP contribution is 2.22. The summed E-state index contributed by atoms with van der Waals surface area (Å²) in [6.45, 7) is 5.48. The Hall–Kier alpha value is -2.63. The maximum atomic E-state index is 13.0. The molecule has 1 saturated heterocycles. The monoisotopic (exact) mass is 340 g/mol. The van der Waals surface area contributed by atoms with Crippen LogP contribution in [0.15, 0.2) is 30.3 Å². The molecule has 1 aromatic carbocycles. The predicted molar refractivity (Wildman–Crippen MR) is 95.3 cm³/mol. The van der Waals surface area contributed by atoms with Gasteiger partial charge in [-0.2, -0.15) is 5.10 Å². The van der Waals surface area contributed by atoms with Gasteiger partial charge in [-0.1, -0.05) is 0 Å². The number of hydrogen-bond acceptors (Lipinski definition) is 3. The molecule has 3 rings (SSSR count). The molecule has 1 aromatic heterocycles. The Kier molecular flexibility index (Phi) is 4.88. The number of benzene rings is 1. The van der Waals surface area contributed by atoms with E-state index in [-0.39, 0.29) is 11.9 Å². The molecule has 1 aliphatic rings. The van der Waals surface area contributed by atoms with Crippen LogP contribution in [0.3, 0.4) is 0 Å². The highest BCUT2D eigenvalue weighted by atomic mass is 16.2. The summed E-state index contributed by atoms with van der Waals surface area (Å²) >= 11 is 0. The largest absolute Gasteiger partial charge is 0.366 e. The predicted octanol–water partition coefficient (Wildman–Crippen LogP) is 2.29. The van der Waals surface area contributed by atoms with Crippen molar-refractivity contribution in [3.8, 4) is 0 Å². The SMILES string of the molecule is Cc1cc(C)n(C[C@H]2CCCCN2C(=O)c2ccc(C(N)=O)cc2)n1. The number of nitrogens with two attached hydrogens (primary N) is 1. The average Bonchev–Trinajstić information content (AvgIpc) is 2.92. The number of hydrogen-bond donors (Lipinski definition) is 1. The number of amides is 2. The Bertz CT molecular complexity index is 779. The van der Waals surface area contributed by atoms with Gasteiger partial charge in [-0.25, -0.2) is 0 Å². The van der Waals surface area contributed by atoms with Crippen molar-refractivity contribution in [3.63, 3.8) is 0 Å². The first-order valence-corrected chi connectivity index (χ1v) is 8.67. The molecule has 2 amide bonds. The molecule has 0 bridgehead atoms. The summed E-state index contributed by atoms with van der Waals surface area (Å²) in [5, 5.41) is 4.53. The van der Waals surface area contributed by atoms with Crippen molar-refractivity contribution < 1.29 is 9.59 Å². The van der Waals surface area contributed by atoms with Gasteiger partial charge >= 0.3 is 0 Å². The highest BCUT2D eigenvalue weighted by Gasteiger charge is 2.28. The van der Waals surface area contributed by atoms with Crippen LogP contribution in [0.2, 0.25) is 0 Å². The molecule has 1 atom stereocenters. The molecule has 0 unspecified atom stereocenters. The standard InChI is InChI=1S/C19H24N4O2/c1-13-11-14(2)23(21-13)12-17-5-3-4-10-22(17)19(25)16-8-6-15(7-9-16)18(20)24/h6-9,11,17H,3-5,10,12H2,1-2H3,(H2,20,24)/t17-/m1/s1. The van der Waals surface area contributed by atoms with Gasteiger partial charge < -0.3 is 10.6 Å². The first-order chi connectivity index (χ1) is 12.0. The first kappa shape index (κ1) is 17.2. The molecule has 6 nitrogen and oxygen atoms in total. The van der Waals surface area contributed by atoms with Gasteiger partial charge in [0.25, 0.3) is 5.91 Å². The van der Waals surface area contributed by atoms with Crippen LogP contribution in [0.5, 0.6) is 0 Å². The van der Waals surface area contributed by atoms with Gasteiger partial charge in [0, 0.05) is 23.4 Å². The molecule has 0 radical (unpaired) electrons. The van der Waals surface area contributed by atoms with Gasteiger partial charge in [0.2, 0.25) is 5.91 Å². The Labute approximate surface area is 147 Å². The third kappa shape index (κ3) is 3.73. The van der Waals surface area contributed by atoms with Crippen molar-refractivity contribution >= 4 is 11.8 Å². The second-order valence-electron chi connectivity index (χ2n) is 6.70. The quantitative estimate of drug-likeness (QED) is 0.927. The lowest BCUT2D eigenvalue weighted by atomic mass is 10.00. The Morgan fingerprint density at radius 1 is 1.16 bits per heavy atom. The molecular weight excluding hydrogens is 316 g/mol. The van der Waals surface area contributed by atoms with Crippen molar-refractivity contribution in [1.82, 2.24) is 14.7 Å². The number of piperidine rings is 1. The van der Waals surface area contributed by atoms with Crippen molar-refractivity contribution in [3.05, 3.63) is 52.8 Å². The van der Waals surface area contributed by atoms with E-state index < -0.39 is 5.91 Å². The third-order valence-electron chi connectivity index (χ3n) is 4.79. The molecule has 0 spiro atoms. The first-order valence-electron chi connectivity index (χ1n) is 8.67. The normalized spacial score (nSPS) is 17.5. The van der Waals surface area contributed by atoms with Crippen LogP contribution in [-0.4, -0.2) is 39.1 Å². The highest BCUT2D eigenvalue weighted by molar-refractivity contribution is 5.97. The van der Waals surface area contributed by atoms with Gasteiger partial charge in [-0.3, -0.25) is 14.3 Å². The number of nitrogens with zero attached hydrogens (tertiary/aromatic N) is 3. The van der Waals surface area contributed by atoms with E-state index in [0.29, 0.717) is 17.7 Å². The summed E-state index contributed by atoms with van der Waals surface area (Å²) in [4.78, 5) is 26.1. The molecule has 0 aliphatic carbocycles. The Balaban J connectivity index is 1.78. The van der Waals surface area contributed by atoms with E-state index in [4.69, 9.17) is 5.73 Å². The number of primary amides is 1. The van der Waals surface area contributed by atoms with Gasteiger partial charge in [0.15, 0.2) is 0 Å². The number of carbonyl (C=O) groups excluding carboxylic acids is 2. The molecule has 6 heteroatoms. The van der Waals surface area contributed by atoms with E-state index in [9.17, 15) is 9.59 Å². The number of carbonyl (C=O) groups is 2. The molecule has 0 saturated carbocycles. The van der Waals surface area contributed by atoms with Crippen molar-refractivity contribution in [2.24, 2.45) is 5.73 Å². The molecule has 2 N–H and O–H groups in total. The lowest BCUT2D eigenvalue weighted by molar-refractivity contribution is 0.0582. The second-order valence-corrected chi connectivity index (χ2v) is 6.70. The smallest absolute Gasteiger partial charge is 0.254 e. The van der Waals surface area contributed by atoms with E-state index in [2.05, 4.69) is 11.2 Å². The lowest BCUT2D eigenvalue weighted by Crippen LogP contribution is -2.46. The van der Waals surface area contributed by atoms with Crippen molar-refractivity contribution in [2.75, 3.05) is 6.54 Å². The topological polar surface area (TPSA) is 81.2 Å². The number of aromatic nitrogens is 2. The molecular formula is C19H24N4O2. The van der Waals surface area contributed by atoms with Crippen LogP contribution < -0.4 is 5.73 Å². The van der Waals surface area contributed by atoms with Crippen LogP contribution in [0.25, 0.3) is 0 Å². The van der Waals surface area contributed by atoms with Gasteiger partial charge in [0.1, 0.15) is 0 Å². The van der Waals surface area contributed by atoms with Crippen LogP contribution in [0, 0.1) is 13.8 Å². The summed E-state index contributed by atoms with van der Waals surface area (Å²) in [6, 6.07) is 8.76. The van der Waals surface area contributed by atoms with Crippen LogP contribution in [0.1, 0.15) is 51.4 Å². The maximum absolute atomic E-state index is 13.0. The summed E-state index contributed by atoms with van der Waals surface area (Å²) in [5.74, 6) is -0.485. The molecule has 25 heavy (non-hydrogen) atoms. The fraction of sp³-hybridized carbons (Fsp3) is 0.421.